The summed E-state index contributed by atoms with van der Waals surface area (Å²) >= 11 is 0. The SMILES string of the molecule is CCC1(CC)C(=O)NC2(CCCC2)C(=O)N1C. The van der Waals surface area contributed by atoms with Gasteiger partial charge < -0.3 is 10.2 Å². The summed E-state index contributed by atoms with van der Waals surface area (Å²) in [5, 5.41) is 3.03. The van der Waals surface area contributed by atoms with Crippen molar-refractivity contribution in [2.75, 3.05) is 7.05 Å². The fraction of sp³-hybridized carbons (Fsp3) is 0.846. The molecule has 96 valence electrons. The first-order valence-electron chi connectivity index (χ1n) is 6.63. The molecule has 1 aliphatic heterocycles. The van der Waals surface area contributed by atoms with Crippen LogP contribution in [0.2, 0.25) is 0 Å². The van der Waals surface area contributed by atoms with Crippen molar-refractivity contribution in [3.05, 3.63) is 0 Å². The average molecular weight is 238 g/mol. The minimum absolute atomic E-state index is 0.0338. The number of nitrogens with one attached hydrogen (secondary N) is 1. The highest BCUT2D eigenvalue weighted by molar-refractivity contribution is 6.02. The minimum Gasteiger partial charge on any atom is -0.340 e. The van der Waals surface area contributed by atoms with E-state index in [2.05, 4.69) is 5.32 Å². The zero-order chi connectivity index (χ0) is 12.7. The Morgan fingerprint density at radius 3 is 2.18 bits per heavy atom. The summed E-state index contributed by atoms with van der Waals surface area (Å²) in [5.41, 5.74) is -1.22. The van der Waals surface area contributed by atoms with Gasteiger partial charge in [0.05, 0.1) is 0 Å². The molecule has 1 spiro atoms. The Labute approximate surface area is 103 Å². The molecular weight excluding hydrogens is 216 g/mol. The highest BCUT2D eigenvalue weighted by Crippen LogP contribution is 2.38. The standard InChI is InChI=1S/C13H22N2O2/c1-4-13(5-2)10(16)14-12(8-6-7-9-12)11(17)15(13)3/h4-9H2,1-3H3,(H,14,16). The number of carbonyl (C=O) groups is 2. The van der Waals surface area contributed by atoms with Gasteiger partial charge in [0.25, 0.3) is 0 Å². The third-order valence-corrected chi connectivity index (χ3v) is 4.76. The number of nitrogens with zero attached hydrogens (tertiary/aromatic N) is 1. The molecule has 0 aromatic rings. The zero-order valence-electron chi connectivity index (χ0n) is 11.0. The predicted octanol–water partition coefficient (Wildman–Crippen LogP) is 1.45. The van der Waals surface area contributed by atoms with Crippen LogP contribution in [0.1, 0.15) is 52.4 Å². The number of likely N-dealkylation sites (N-methyl/N-ethyl adjacent to an activating group) is 1. The highest BCUT2D eigenvalue weighted by Gasteiger charge is 2.56. The number of piperazine rings is 1. The van der Waals surface area contributed by atoms with Gasteiger partial charge in [-0.1, -0.05) is 26.7 Å². The fourth-order valence-corrected chi connectivity index (χ4v) is 3.42. The maximum absolute atomic E-state index is 12.5. The molecule has 0 bridgehead atoms. The lowest BCUT2D eigenvalue weighted by atomic mass is 9.81. The minimum atomic E-state index is -0.634. The monoisotopic (exact) mass is 238 g/mol. The largest absolute Gasteiger partial charge is 0.340 e. The van der Waals surface area contributed by atoms with E-state index < -0.39 is 11.1 Å². The molecule has 17 heavy (non-hydrogen) atoms. The van der Waals surface area contributed by atoms with Crippen molar-refractivity contribution in [2.45, 2.75) is 63.5 Å². The summed E-state index contributed by atoms with van der Waals surface area (Å²) in [6.07, 6.45) is 5.01. The second-order valence-corrected chi connectivity index (χ2v) is 5.35. The van der Waals surface area contributed by atoms with Crippen LogP contribution >= 0.6 is 0 Å². The predicted molar refractivity (Wildman–Crippen MR) is 65.4 cm³/mol. The van der Waals surface area contributed by atoms with E-state index in [-0.39, 0.29) is 11.8 Å². The zero-order valence-corrected chi connectivity index (χ0v) is 11.0. The first kappa shape index (κ1) is 12.4. The molecule has 2 amide bonds. The molecule has 0 radical (unpaired) electrons. The maximum atomic E-state index is 12.5. The molecule has 1 heterocycles. The van der Waals surface area contributed by atoms with E-state index in [9.17, 15) is 9.59 Å². The Morgan fingerprint density at radius 2 is 1.71 bits per heavy atom. The van der Waals surface area contributed by atoms with Gasteiger partial charge in [0.1, 0.15) is 11.1 Å². The normalized spacial score (nSPS) is 26.4. The Kier molecular flexibility index (Phi) is 2.92. The molecule has 2 fully saturated rings. The van der Waals surface area contributed by atoms with E-state index in [0.717, 1.165) is 25.7 Å². The molecular formula is C13H22N2O2. The summed E-state index contributed by atoms with van der Waals surface area (Å²) in [4.78, 5) is 26.6. The van der Waals surface area contributed by atoms with Crippen molar-refractivity contribution < 1.29 is 9.59 Å². The molecule has 0 aromatic heterocycles. The Hall–Kier alpha value is -1.06. The van der Waals surface area contributed by atoms with Crippen molar-refractivity contribution in [3.63, 3.8) is 0 Å². The van der Waals surface area contributed by atoms with Gasteiger partial charge in [0, 0.05) is 7.05 Å². The van der Waals surface area contributed by atoms with E-state index in [1.807, 2.05) is 13.8 Å². The molecule has 0 aromatic carbocycles. The number of rotatable bonds is 2. The molecule has 1 N–H and O–H groups in total. The van der Waals surface area contributed by atoms with Crippen molar-refractivity contribution in [2.24, 2.45) is 0 Å². The van der Waals surface area contributed by atoms with Crippen LogP contribution < -0.4 is 5.32 Å². The summed E-state index contributed by atoms with van der Waals surface area (Å²) in [5.74, 6) is 0.143. The van der Waals surface area contributed by atoms with E-state index >= 15 is 0 Å². The van der Waals surface area contributed by atoms with Crippen LogP contribution in [0.4, 0.5) is 0 Å². The molecule has 2 aliphatic rings. The van der Waals surface area contributed by atoms with Crippen LogP contribution in [0.15, 0.2) is 0 Å². The summed E-state index contributed by atoms with van der Waals surface area (Å²) in [6, 6.07) is 0. The number of hydrogen-bond acceptors (Lipinski definition) is 2. The van der Waals surface area contributed by atoms with Crippen LogP contribution in [0.25, 0.3) is 0 Å². The van der Waals surface area contributed by atoms with E-state index in [4.69, 9.17) is 0 Å². The Morgan fingerprint density at radius 1 is 1.18 bits per heavy atom. The fourth-order valence-electron chi connectivity index (χ4n) is 3.42. The molecule has 2 rings (SSSR count). The van der Waals surface area contributed by atoms with Gasteiger partial charge in [-0.05, 0) is 25.7 Å². The summed E-state index contributed by atoms with van der Waals surface area (Å²) in [7, 11) is 1.79. The molecule has 1 saturated heterocycles. The third-order valence-electron chi connectivity index (χ3n) is 4.76. The lowest BCUT2D eigenvalue weighted by Crippen LogP contribution is -2.73. The smallest absolute Gasteiger partial charge is 0.248 e. The molecule has 1 saturated carbocycles. The van der Waals surface area contributed by atoms with Gasteiger partial charge in [-0.3, -0.25) is 9.59 Å². The molecule has 1 aliphatic carbocycles. The lowest BCUT2D eigenvalue weighted by molar-refractivity contribution is -0.161. The second-order valence-electron chi connectivity index (χ2n) is 5.35. The van der Waals surface area contributed by atoms with Gasteiger partial charge in [-0.25, -0.2) is 0 Å². The molecule has 4 nitrogen and oxygen atoms in total. The van der Waals surface area contributed by atoms with Crippen molar-refractivity contribution >= 4 is 11.8 Å². The van der Waals surface area contributed by atoms with Gasteiger partial charge >= 0.3 is 0 Å². The van der Waals surface area contributed by atoms with Crippen LogP contribution in [-0.2, 0) is 9.59 Å². The van der Waals surface area contributed by atoms with E-state index in [0.29, 0.717) is 12.8 Å². The molecule has 0 atom stereocenters. The van der Waals surface area contributed by atoms with Crippen molar-refractivity contribution in [3.8, 4) is 0 Å². The van der Waals surface area contributed by atoms with Crippen LogP contribution in [-0.4, -0.2) is 34.8 Å². The molecule has 4 heteroatoms. The first-order chi connectivity index (χ1) is 8.02. The highest BCUT2D eigenvalue weighted by atomic mass is 16.2. The number of carbonyl (C=O) groups excluding carboxylic acids is 2. The number of hydrogen-bond donors (Lipinski definition) is 1. The van der Waals surface area contributed by atoms with E-state index in [1.165, 1.54) is 0 Å². The molecule has 0 unspecified atom stereocenters. The maximum Gasteiger partial charge on any atom is 0.248 e. The summed E-state index contributed by atoms with van der Waals surface area (Å²) < 4.78 is 0. The van der Waals surface area contributed by atoms with E-state index in [1.54, 1.807) is 11.9 Å². The first-order valence-corrected chi connectivity index (χ1v) is 6.63. The number of amides is 2. The van der Waals surface area contributed by atoms with Gasteiger partial charge in [-0.2, -0.15) is 0 Å². The van der Waals surface area contributed by atoms with Crippen LogP contribution in [0, 0.1) is 0 Å². The second kappa shape index (κ2) is 4.00. The quantitative estimate of drug-likeness (QED) is 0.791. The van der Waals surface area contributed by atoms with Crippen LogP contribution in [0.5, 0.6) is 0 Å². The van der Waals surface area contributed by atoms with Crippen LogP contribution in [0.3, 0.4) is 0 Å². The average Bonchev–Trinajstić information content (AvgIpc) is 2.78. The van der Waals surface area contributed by atoms with Crippen molar-refractivity contribution in [1.29, 1.82) is 0 Å². The Balaban J connectivity index is 2.36. The third kappa shape index (κ3) is 1.49. The Bertz CT molecular complexity index is 341. The van der Waals surface area contributed by atoms with Gasteiger partial charge in [0.2, 0.25) is 11.8 Å². The van der Waals surface area contributed by atoms with Gasteiger partial charge in [-0.15, -0.1) is 0 Å². The topological polar surface area (TPSA) is 49.4 Å². The lowest BCUT2D eigenvalue weighted by Gasteiger charge is -2.49. The van der Waals surface area contributed by atoms with Gasteiger partial charge in [0.15, 0.2) is 0 Å². The van der Waals surface area contributed by atoms with Crippen molar-refractivity contribution in [1.82, 2.24) is 10.2 Å². The summed E-state index contributed by atoms with van der Waals surface area (Å²) in [6.45, 7) is 3.94.